The first-order valence-electron chi connectivity index (χ1n) is 7.30. The van der Waals surface area contributed by atoms with Crippen LogP contribution in [0.4, 0.5) is 0 Å². The molecule has 2 N–H and O–H groups in total. The molecule has 1 aromatic carbocycles. The van der Waals surface area contributed by atoms with Crippen molar-refractivity contribution < 1.29 is 14.3 Å². The number of hydrogen-bond acceptors (Lipinski definition) is 5. The first kappa shape index (κ1) is 17.7. The number of nitrogens with zero attached hydrogens (tertiary/aromatic N) is 2. The topological polar surface area (TPSA) is 93.2 Å². The first-order valence-corrected chi connectivity index (χ1v) is 7.68. The third kappa shape index (κ3) is 5.51. The average Bonchev–Trinajstić information content (AvgIpc) is 2.61. The van der Waals surface area contributed by atoms with Gasteiger partial charge in [0.25, 0.3) is 11.8 Å². The third-order valence-electron chi connectivity index (χ3n) is 3.00. The van der Waals surface area contributed by atoms with Gasteiger partial charge in [-0.25, -0.2) is 4.98 Å². The molecule has 7 nitrogen and oxygen atoms in total. The van der Waals surface area contributed by atoms with Gasteiger partial charge < -0.3 is 15.4 Å². The number of amides is 2. The van der Waals surface area contributed by atoms with Crippen molar-refractivity contribution in [3.8, 4) is 5.75 Å². The van der Waals surface area contributed by atoms with E-state index in [0.717, 1.165) is 0 Å². The van der Waals surface area contributed by atoms with Gasteiger partial charge in [-0.15, -0.1) is 0 Å². The van der Waals surface area contributed by atoms with Gasteiger partial charge in [-0.3, -0.25) is 14.6 Å². The smallest absolute Gasteiger partial charge is 0.271 e. The molecule has 0 bridgehead atoms. The van der Waals surface area contributed by atoms with Crippen molar-refractivity contribution in [2.75, 3.05) is 13.1 Å². The Balaban J connectivity index is 1.69. The van der Waals surface area contributed by atoms with Gasteiger partial charge in [-0.2, -0.15) is 0 Å². The minimum absolute atomic E-state index is 0.225. The van der Waals surface area contributed by atoms with E-state index in [2.05, 4.69) is 20.6 Å². The van der Waals surface area contributed by atoms with E-state index in [-0.39, 0.29) is 30.6 Å². The maximum absolute atomic E-state index is 11.9. The summed E-state index contributed by atoms with van der Waals surface area (Å²) in [6.07, 6.45) is 3.63. The molecule has 8 heteroatoms. The molecule has 1 heterocycles. The zero-order valence-corrected chi connectivity index (χ0v) is 13.8. The molecule has 0 radical (unpaired) electrons. The van der Waals surface area contributed by atoms with Crippen LogP contribution in [0, 0.1) is 0 Å². The summed E-state index contributed by atoms with van der Waals surface area (Å²) < 4.78 is 5.50. The molecule has 0 saturated heterocycles. The highest BCUT2D eigenvalue weighted by Crippen LogP contribution is 2.16. The van der Waals surface area contributed by atoms with E-state index in [4.69, 9.17) is 16.3 Å². The highest BCUT2D eigenvalue weighted by Gasteiger charge is 2.14. The Morgan fingerprint density at radius 2 is 1.88 bits per heavy atom. The fraction of sp³-hybridized carbons (Fsp3) is 0.250. The zero-order chi connectivity index (χ0) is 17.4. The minimum atomic E-state index is -0.665. The van der Waals surface area contributed by atoms with Gasteiger partial charge in [0.15, 0.2) is 6.10 Å². The number of hydrogen-bond donors (Lipinski definition) is 2. The monoisotopic (exact) mass is 348 g/mol. The predicted octanol–water partition coefficient (Wildman–Crippen LogP) is 1.44. The summed E-state index contributed by atoms with van der Waals surface area (Å²) in [5.41, 5.74) is 0.225. The van der Waals surface area contributed by atoms with Gasteiger partial charge in [-0.1, -0.05) is 11.6 Å². The van der Waals surface area contributed by atoms with E-state index in [1.54, 1.807) is 31.2 Å². The quantitative estimate of drug-likeness (QED) is 0.739. The number of ether oxygens (including phenoxy) is 1. The standard InChI is InChI=1S/C16H17ClN4O3/c1-11(24-13-4-2-12(17)3-5-13)15(22)20-8-9-21-16(23)14-10-18-6-7-19-14/h2-7,10-11H,8-9H2,1H3,(H,20,22)(H,21,23). The van der Waals surface area contributed by atoms with Gasteiger partial charge in [0.05, 0.1) is 6.20 Å². The Labute approximate surface area is 144 Å². The Bertz CT molecular complexity index is 679. The van der Waals surface area contributed by atoms with E-state index in [1.807, 2.05) is 0 Å². The maximum Gasteiger partial charge on any atom is 0.271 e. The summed E-state index contributed by atoms with van der Waals surface area (Å²) >= 11 is 5.79. The fourth-order valence-corrected chi connectivity index (χ4v) is 1.91. The van der Waals surface area contributed by atoms with Crippen LogP contribution in [-0.2, 0) is 4.79 Å². The number of aromatic nitrogens is 2. The second-order valence-corrected chi connectivity index (χ2v) is 5.29. The van der Waals surface area contributed by atoms with E-state index in [1.165, 1.54) is 18.6 Å². The molecule has 0 aliphatic carbocycles. The molecule has 1 unspecified atom stereocenters. The highest BCUT2D eigenvalue weighted by atomic mass is 35.5. The van der Waals surface area contributed by atoms with E-state index in [9.17, 15) is 9.59 Å². The number of rotatable bonds is 7. The lowest BCUT2D eigenvalue weighted by Gasteiger charge is -2.15. The Kier molecular flexibility index (Phi) is 6.51. The molecule has 0 aliphatic rings. The largest absolute Gasteiger partial charge is 0.481 e. The second-order valence-electron chi connectivity index (χ2n) is 4.85. The van der Waals surface area contributed by atoms with Crippen LogP contribution < -0.4 is 15.4 Å². The van der Waals surface area contributed by atoms with Crippen LogP contribution in [0.2, 0.25) is 5.02 Å². The molecule has 2 amide bonds. The maximum atomic E-state index is 11.9. The summed E-state index contributed by atoms with van der Waals surface area (Å²) in [6, 6.07) is 6.74. The minimum Gasteiger partial charge on any atom is -0.481 e. The van der Waals surface area contributed by atoms with Crippen molar-refractivity contribution in [2.45, 2.75) is 13.0 Å². The van der Waals surface area contributed by atoms with Gasteiger partial charge in [0.2, 0.25) is 0 Å². The molecule has 2 rings (SSSR count). The number of carbonyl (C=O) groups is 2. The van der Waals surface area contributed by atoms with Crippen molar-refractivity contribution in [3.05, 3.63) is 53.6 Å². The Morgan fingerprint density at radius 1 is 1.17 bits per heavy atom. The van der Waals surface area contributed by atoms with Crippen molar-refractivity contribution in [1.29, 1.82) is 0 Å². The molecule has 1 atom stereocenters. The normalized spacial score (nSPS) is 11.4. The van der Waals surface area contributed by atoms with Crippen molar-refractivity contribution >= 4 is 23.4 Å². The lowest BCUT2D eigenvalue weighted by atomic mass is 10.3. The Hall–Kier alpha value is -2.67. The summed E-state index contributed by atoms with van der Waals surface area (Å²) in [5.74, 6) is -0.0699. The average molecular weight is 349 g/mol. The molecule has 0 aliphatic heterocycles. The van der Waals surface area contributed by atoms with Gasteiger partial charge in [0, 0.05) is 30.5 Å². The molecule has 1 aromatic heterocycles. The zero-order valence-electron chi connectivity index (χ0n) is 13.0. The van der Waals surface area contributed by atoms with E-state index in [0.29, 0.717) is 10.8 Å². The lowest BCUT2D eigenvalue weighted by molar-refractivity contribution is -0.127. The van der Waals surface area contributed by atoms with Gasteiger partial charge in [0.1, 0.15) is 11.4 Å². The van der Waals surface area contributed by atoms with Crippen LogP contribution in [0.3, 0.4) is 0 Å². The fourth-order valence-electron chi connectivity index (χ4n) is 1.78. The van der Waals surface area contributed by atoms with Crippen LogP contribution >= 0.6 is 11.6 Å². The molecule has 0 spiro atoms. The third-order valence-corrected chi connectivity index (χ3v) is 3.25. The van der Waals surface area contributed by atoms with E-state index < -0.39 is 6.10 Å². The lowest BCUT2D eigenvalue weighted by Crippen LogP contribution is -2.40. The molecule has 24 heavy (non-hydrogen) atoms. The van der Waals surface area contributed by atoms with Crippen molar-refractivity contribution in [1.82, 2.24) is 20.6 Å². The van der Waals surface area contributed by atoms with Crippen LogP contribution in [0.5, 0.6) is 5.75 Å². The number of nitrogens with one attached hydrogen (secondary N) is 2. The molecule has 2 aromatic rings. The van der Waals surface area contributed by atoms with Crippen LogP contribution in [-0.4, -0.2) is 41.0 Å². The van der Waals surface area contributed by atoms with Crippen LogP contribution in [0.25, 0.3) is 0 Å². The number of halogens is 1. The predicted molar refractivity (Wildman–Crippen MR) is 88.9 cm³/mol. The summed E-state index contributed by atoms with van der Waals surface area (Å²) in [4.78, 5) is 31.4. The SMILES string of the molecule is CC(Oc1ccc(Cl)cc1)C(=O)NCCNC(=O)c1cnccn1. The summed E-state index contributed by atoms with van der Waals surface area (Å²) in [5, 5.41) is 5.91. The molecular formula is C16H17ClN4O3. The summed E-state index contributed by atoms with van der Waals surface area (Å²) in [7, 11) is 0. The Morgan fingerprint density at radius 3 is 2.54 bits per heavy atom. The highest BCUT2D eigenvalue weighted by molar-refractivity contribution is 6.30. The first-order chi connectivity index (χ1) is 11.6. The van der Waals surface area contributed by atoms with Crippen LogP contribution in [0.15, 0.2) is 42.9 Å². The molecular weight excluding hydrogens is 332 g/mol. The molecule has 0 fully saturated rings. The van der Waals surface area contributed by atoms with Crippen molar-refractivity contribution in [2.24, 2.45) is 0 Å². The van der Waals surface area contributed by atoms with Crippen molar-refractivity contribution in [3.63, 3.8) is 0 Å². The number of carbonyl (C=O) groups excluding carboxylic acids is 2. The van der Waals surface area contributed by atoms with Gasteiger partial charge >= 0.3 is 0 Å². The molecule has 126 valence electrons. The van der Waals surface area contributed by atoms with Crippen LogP contribution in [0.1, 0.15) is 17.4 Å². The van der Waals surface area contributed by atoms with E-state index >= 15 is 0 Å². The molecule has 0 saturated carbocycles. The summed E-state index contributed by atoms with van der Waals surface area (Å²) in [6.45, 7) is 2.19. The number of benzene rings is 1. The second kappa shape index (κ2) is 8.83. The van der Waals surface area contributed by atoms with Gasteiger partial charge in [-0.05, 0) is 31.2 Å².